The molecule has 0 aliphatic heterocycles. The molecule has 0 amide bonds. The number of halogens is 1. The number of rotatable bonds is 2. The number of pyridine rings is 1. The van der Waals surface area contributed by atoms with Crippen molar-refractivity contribution in [2.24, 2.45) is 0 Å². The highest BCUT2D eigenvalue weighted by Gasteiger charge is 2.10. The highest BCUT2D eigenvalue weighted by molar-refractivity contribution is 9.10. The van der Waals surface area contributed by atoms with E-state index in [-0.39, 0.29) is 5.75 Å². The van der Waals surface area contributed by atoms with Crippen molar-refractivity contribution in [3.8, 4) is 5.75 Å². The highest BCUT2D eigenvalue weighted by atomic mass is 79.9. The number of hydrogen-bond acceptors (Lipinski definition) is 3. The lowest BCUT2D eigenvalue weighted by molar-refractivity contribution is 0.463. The van der Waals surface area contributed by atoms with Crippen molar-refractivity contribution in [2.45, 2.75) is 20.8 Å². The number of nitrogens with zero attached hydrogens (tertiary/aromatic N) is 1. The third-order valence-electron chi connectivity index (χ3n) is 2.98. The summed E-state index contributed by atoms with van der Waals surface area (Å²) in [5.41, 5.74) is 3.41. The number of aryl methyl sites for hydroxylation is 1. The lowest BCUT2D eigenvalue weighted by Crippen LogP contribution is -2.00. The van der Waals surface area contributed by atoms with Gasteiger partial charge in [-0.1, -0.05) is 22.0 Å². The minimum atomic E-state index is 0.271. The van der Waals surface area contributed by atoms with E-state index in [2.05, 4.69) is 26.2 Å². The molecule has 0 atom stereocenters. The van der Waals surface area contributed by atoms with E-state index in [1.165, 1.54) is 0 Å². The minimum Gasteiger partial charge on any atom is -0.506 e. The zero-order valence-corrected chi connectivity index (χ0v) is 12.2. The number of hydrogen-bond donors (Lipinski definition) is 2. The van der Waals surface area contributed by atoms with Crippen molar-refractivity contribution in [1.29, 1.82) is 0 Å². The van der Waals surface area contributed by atoms with Crippen LogP contribution in [0.4, 0.5) is 11.5 Å². The fourth-order valence-electron chi connectivity index (χ4n) is 1.76. The third kappa shape index (κ3) is 2.48. The summed E-state index contributed by atoms with van der Waals surface area (Å²) in [5.74, 6) is 1.05. The molecule has 0 unspecified atom stereocenters. The van der Waals surface area contributed by atoms with Gasteiger partial charge in [-0.15, -0.1) is 0 Å². The molecule has 2 N–H and O–H groups in total. The predicted molar refractivity (Wildman–Crippen MR) is 77.5 cm³/mol. The number of benzene rings is 1. The van der Waals surface area contributed by atoms with Crippen molar-refractivity contribution < 1.29 is 5.11 Å². The van der Waals surface area contributed by atoms with E-state index >= 15 is 0 Å². The van der Waals surface area contributed by atoms with Crippen LogP contribution in [0.5, 0.6) is 5.75 Å². The van der Waals surface area contributed by atoms with E-state index in [9.17, 15) is 5.11 Å². The molecule has 0 fully saturated rings. The number of nitrogens with one attached hydrogen (secondary N) is 1. The number of aromatic nitrogens is 1. The van der Waals surface area contributed by atoms with Crippen LogP contribution in [0, 0.1) is 20.8 Å². The van der Waals surface area contributed by atoms with Gasteiger partial charge in [-0.2, -0.15) is 0 Å². The molecule has 0 aliphatic rings. The molecule has 0 saturated heterocycles. The van der Waals surface area contributed by atoms with Gasteiger partial charge in [0.2, 0.25) is 0 Å². The van der Waals surface area contributed by atoms with Crippen molar-refractivity contribution in [3.05, 3.63) is 45.6 Å². The molecular weight excluding hydrogens is 292 g/mol. The van der Waals surface area contributed by atoms with Gasteiger partial charge >= 0.3 is 0 Å². The first-order chi connectivity index (χ1) is 8.49. The van der Waals surface area contributed by atoms with Crippen LogP contribution in [-0.2, 0) is 0 Å². The Hall–Kier alpha value is -1.55. The van der Waals surface area contributed by atoms with Crippen LogP contribution in [0.1, 0.15) is 16.8 Å². The molecule has 1 heterocycles. The molecule has 0 bridgehead atoms. The lowest BCUT2D eigenvalue weighted by atomic mass is 10.1. The molecule has 2 rings (SSSR count). The second kappa shape index (κ2) is 4.98. The Morgan fingerprint density at radius 1 is 1.17 bits per heavy atom. The van der Waals surface area contributed by atoms with Gasteiger partial charge < -0.3 is 10.4 Å². The first-order valence-electron chi connectivity index (χ1n) is 5.68. The Morgan fingerprint density at radius 3 is 2.56 bits per heavy atom. The molecule has 0 saturated carbocycles. The van der Waals surface area contributed by atoms with Gasteiger partial charge in [-0.25, -0.2) is 4.98 Å². The van der Waals surface area contributed by atoms with Crippen LogP contribution in [0.25, 0.3) is 0 Å². The zero-order valence-electron chi connectivity index (χ0n) is 10.6. The molecule has 3 nitrogen and oxygen atoms in total. The normalized spacial score (nSPS) is 10.4. The monoisotopic (exact) mass is 306 g/mol. The largest absolute Gasteiger partial charge is 0.506 e. The molecule has 18 heavy (non-hydrogen) atoms. The van der Waals surface area contributed by atoms with Crippen molar-refractivity contribution in [3.63, 3.8) is 0 Å². The first kappa shape index (κ1) is 12.9. The molecule has 0 spiro atoms. The van der Waals surface area contributed by atoms with E-state index in [4.69, 9.17) is 0 Å². The second-order valence-electron chi connectivity index (χ2n) is 4.28. The summed E-state index contributed by atoms with van der Waals surface area (Å²) in [6.45, 7) is 5.64. The average molecular weight is 307 g/mol. The Labute approximate surface area is 115 Å². The molecule has 2 aromatic rings. The van der Waals surface area contributed by atoms with E-state index in [0.29, 0.717) is 5.69 Å². The van der Waals surface area contributed by atoms with Crippen LogP contribution in [-0.4, -0.2) is 10.1 Å². The molecular formula is C14H15BrN2O. The van der Waals surface area contributed by atoms with Crippen molar-refractivity contribution in [2.75, 3.05) is 5.32 Å². The quantitative estimate of drug-likeness (QED) is 0.873. The predicted octanol–water partition coefficient (Wildman–Crippen LogP) is 4.22. The Bertz CT molecular complexity index is 597. The summed E-state index contributed by atoms with van der Waals surface area (Å²) in [5, 5.41) is 13.1. The topological polar surface area (TPSA) is 45.2 Å². The molecule has 1 aromatic heterocycles. The van der Waals surface area contributed by atoms with Crippen molar-refractivity contribution >= 4 is 27.4 Å². The SMILES string of the molecule is Cc1nc(Nc2cccc(Br)c2)c(C)c(C)c1O. The van der Waals surface area contributed by atoms with E-state index < -0.39 is 0 Å². The van der Waals surface area contributed by atoms with Gasteiger partial charge in [-0.3, -0.25) is 0 Å². The van der Waals surface area contributed by atoms with Gasteiger partial charge in [0.15, 0.2) is 0 Å². The van der Waals surface area contributed by atoms with Gasteiger partial charge in [0.05, 0.1) is 5.69 Å². The molecule has 1 aromatic carbocycles. The average Bonchev–Trinajstić information content (AvgIpc) is 2.33. The summed E-state index contributed by atoms with van der Waals surface area (Å²) in [4.78, 5) is 4.38. The molecule has 0 radical (unpaired) electrons. The van der Waals surface area contributed by atoms with Crippen LogP contribution >= 0.6 is 15.9 Å². The summed E-state index contributed by atoms with van der Waals surface area (Å²) < 4.78 is 1.01. The smallest absolute Gasteiger partial charge is 0.140 e. The standard InChI is InChI=1S/C14H15BrN2O/c1-8-9(2)14(16-10(3)13(8)18)17-12-6-4-5-11(15)7-12/h4-7,18H,1-3H3,(H,16,17). The fourth-order valence-corrected chi connectivity index (χ4v) is 2.15. The molecule has 94 valence electrons. The highest BCUT2D eigenvalue weighted by Crippen LogP contribution is 2.29. The second-order valence-corrected chi connectivity index (χ2v) is 5.20. The van der Waals surface area contributed by atoms with E-state index in [0.717, 1.165) is 27.1 Å². The maximum absolute atomic E-state index is 9.82. The van der Waals surface area contributed by atoms with Crippen LogP contribution in [0.2, 0.25) is 0 Å². The maximum atomic E-state index is 9.82. The maximum Gasteiger partial charge on any atom is 0.140 e. The summed E-state index contributed by atoms with van der Waals surface area (Å²) >= 11 is 3.43. The van der Waals surface area contributed by atoms with Gasteiger partial charge in [0, 0.05) is 10.2 Å². The fraction of sp³-hybridized carbons (Fsp3) is 0.214. The van der Waals surface area contributed by atoms with E-state index in [1.54, 1.807) is 6.92 Å². The summed E-state index contributed by atoms with van der Waals surface area (Å²) in [7, 11) is 0. The van der Waals surface area contributed by atoms with Gasteiger partial charge in [0.1, 0.15) is 11.6 Å². The first-order valence-corrected chi connectivity index (χ1v) is 6.47. The lowest BCUT2D eigenvalue weighted by Gasteiger charge is -2.13. The third-order valence-corrected chi connectivity index (χ3v) is 3.48. The Kier molecular flexibility index (Phi) is 3.57. The van der Waals surface area contributed by atoms with Crippen LogP contribution in [0.15, 0.2) is 28.7 Å². The Balaban J connectivity index is 2.41. The summed E-state index contributed by atoms with van der Waals surface area (Å²) in [6.07, 6.45) is 0. The number of aromatic hydroxyl groups is 1. The van der Waals surface area contributed by atoms with Crippen molar-refractivity contribution in [1.82, 2.24) is 4.98 Å². The van der Waals surface area contributed by atoms with Crippen LogP contribution in [0.3, 0.4) is 0 Å². The van der Waals surface area contributed by atoms with E-state index in [1.807, 2.05) is 38.1 Å². The van der Waals surface area contributed by atoms with Crippen LogP contribution < -0.4 is 5.32 Å². The zero-order chi connectivity index (χ0) is 13.3. The van der Waals surface area contributed by atoms with Gasteiger partial charge in [-0.05, 0) is 50.1 Å². The minimum absolute atomic E-state index is 0.271. The van der Waals surface area contributed by atoms with Gasteiger partial charge in [0.25, 0.3) is 0 Å². The molecule has 4 heteroatoms. The number of anilines is 2. The summed E-state index contributed by atoms with van der Waals surface area (Å²) in [6, 6.07) is 7.89. The molecule has 0 aliphatic carbocycles. The Morgan fingerprint density at radius 2 is 1.89 bits per heavy atom.